The Morgan fingerprint density at radius 3 is 2.45 bits per heavy atom. The summed E-state index contributed by atoms with van der Waals surface area (Å²) in [5.74, 6) is 1.41. The van der Waals surface area contributed by atoms with E-state index in [-0.39, 0.29) is 4.57 Å². The Hall–Kier alpha value is -1.57. The number of nitrogens with one attached hydrogen (secondary N) is 1. The number of aliphatic hydroxyl groups excluding tert-OH is 1. The van der Waals surface area contributed by atoms with Crippen molar-refractivity contribution in [2.75, 3.05) is 6.56 Å². The van der Waals surface area contributed by atoms with Crippen LogP contribution in [-0.4, -0.2) is 63.7 Å². The summed E-state index contributed by atoms with van der Waals surface area (Å²) in [6, 6.07) is 0. The summed E-state index contributed by atoms with van der Waals surface area (Å²) in [5.41, 5.74) is -5.96. The molecule has 21 heteroatoms. The number of terminal acetylenes is 1. The van der Waals surface area contributed by atoms with Crippen LogP contribution in [0.3, 0.4) is 0 Å². The minimum absolute atomic E-state index is 0.214. The number of phosphoric acid groups is 3. The highest BCUT2D eigenvalue weighted by Gasteiger charge is 2.58. The molecule has 0 amide bonds. The number of rotatable bonds is 8. The number of halogens is 1. The Labute approximate surface area is 172 Å². The topological polar surface area (TPSA) is 257 Å². The van der Waals surface area contributed by atoms with E-state index in [0.717, 1.165) is 0 Å². The van der Waals surface area contributed by atoms with Gasteiger partial charge in [0, 0.05) is 0 Å². The van der Waals surface area contributed by atoms with Crippen LogP contribution >= 0.6 is 23.5 Å². The molecule has 6 N–H and O–H groups in total. The maximum atomic E-state index is 15.3. The molecule has 1 fully saturated rings. The van der Waals surface area contributed by atoms with Crippen molar-refractivity contribution in [1.82, 2.24) is 14.5 Å². The fourth-order valence-electron chi connectivity index (χ4n) is 2.13. The van der Waals surface area contributed by atoms with Gasteiger partial charge in [0.2, 0.25) is 5.67 Å². The zero-order valence-corrected chi connectivity index (χ0v) is 17.1. The molecule has 0 aliphatic carbocycles. The first-order chi connectivity index (χ1) is 14.7. The third-order valence-electron chi connectivity index (χ3n) is 3.27. The van der Waals surface area contributed by atoms with E-state index in [0.29, 0.717) is 6.33 Å². The predicted octanol–water partition coefficient (Wildman–Crippen LogP) is -2.13. The highest BCUT2D eigenvalue weighted by Crippen LogP contribution is 2.66. The molecule has 1 aliphatic rings. The van der Waals surface area contributed by atoms with Crippen molar-refractivity contribution in [3.63, 3.8) is 0 Å². The zero-order chi connectivity index (χ0) is 25.6. The third kappa shape index (κ3) is 6.24. The number of aromatic nitrogens is 3. The lowest BCUT2D eigenvalue weighted by Gasteiger charge is -2.23. The third-order valence-corrected chi connectivity index (χ3v) is 6.94. The molecule has 2 rings (SSSR count). The van der Waals surface area contributed by atoms with E-state index in [1.165, 1.54) is 5.92 Å². The van der Waals surface area contributed by atoms with Crippen molar-refractivity contribution in [1.29, 1.82) is 0 Å². The van der Waals surface area contributed by atoms with Crippen LogP contribution in [0.5, 0.6) is 0 Å². The van der Waals surface area contributed by atoms with Gasteiger partial charge in [-0.2, -0.15) is 13.6 Å². The fraction of sp³-hybridized carbons (Fsp3) is 0.500. The largest absolute Gasteiger partial charge is 0.490 e. The first-order valence-corrected chi connectivity index (χ1v) is 11.8. The summed E-state index contributed by atoms with van der Waals surface area (Å²) in [4.78, 5) is 63.3. The molecule has 0 radical (unpaired) electrons. The van der Waals surface area contributed by atoms with E-state index in [1.54, 1.807) is 4.98 Å². The summed E-state index contributed by atoms with van der Waals surface area (Å²) in [6.45, 7) is -3.80. The quantitative estimate of drug-likeness (QED) is 0.160. The number of aliphatic hydroxyl groups is 1. The predicted molar refractivity (Wildman–Crippen MR) is 91.5 cm³/mol. The minimum atomic E-state index is -6.11. The lowest BCUT2D eigenvalue weighted by Crippen LogP contribution is -2.45. The molecule has 2 heterocycles. The molecule has 0 saturated carbocycles. The first-order valence-electron chi connectivity index (χ1n) is 8.25. The van der Waals surface area contributed by atoms with E-state index in [2.05, 4.69) is 18.1 Å². The number of phosphoric ester groups is 1. The molecule has 1 saturated heterocycles. The Balaban J connectivity index is 2.36. The molecule has 0 spiro atoms. The molecule has 1 aromatic rings. The van der Waals surface area contributed by atoms with Gasteiger partial charge < -0.3 is 29.4 Å². The summed E-state index contributed by atoms with van der Waals surface area (Å²) >= 11 is 0. The maximum absolute atomic E-state index is 15.3. The van der Waals surface area contributed by atoms with Gasteiger partial charge in [0.05, 0.1) is 9.30 Å². The van der Waals surface area contributed by atoms with Crippen molar-refractivity contribution in [3.05, 3.63) is 27.3 Å². The van der Waals surface area contributed by atoms with Crippen LogP contribution in [-0.2, 0) is 31.6 Å². The van der Waals surface area contributed by atoms with E-state index < -0.39 is 65.5 Å². The van der Waals surface area contributed by atoms with Gasteiger partial charge in [-0.15, -0.1) is 6.42 Å². The maximum Gasteiger partial charge on any atom is 0.490 e. The van der Waals surface area contributed by atoms with Gasteiger partial charge in [0.1, 0.15) is 18.5 Å². The van der Waals surface area contributed by atoms with Gasteiger partial charge in [-0.05, 0) is 0 Å². The standard InChI is InChI=1S/C10H13FN3O14P3/c1-2-10(11)6(15)5(26-7(10)14-4-12-8(16)13-9(14)17)3-25-30(21,22)28-31(23,24)27-29(18,19)20/h1,4-7,15H,3H2,(H,21,22)(H,23,24)(H,13,16,17)(H2,18,19,20)/t5-,6+,7-,10?/m1/s1/i3D2. The van der Waals surface area contributed by atoms with Crippen LogP contribution in [0.25, 0.3) is 0 Å². The fourth-order valence-corrected chi connectivity index (χ4v) is 5.01. The minimum Gasteiger partial charge on any atom is -0.386 e. The number of alkyl halides is 1. The number of H-pyrrole nitrogens is 1. The average Bonchev–Trinajstić information content (AvgIpc) is 2.83. The molecule has 0 aromatic carbocycles. The van der Waals surface area contributed by atoms with Gasteiger partial charge in [-0.25, -0.2) is 27.7 Å². The van der Waals surface area contributed by atoms with Crippen molar-refractivity contribution in [2.24, 2.45) is 0 Å². The second kappa shape index (κ2) is 8.75. The van der Waals surface area contributed by atoms with Crippen LogP contribution in [0.4, 0.5) is 4.39 Å². The molecule has 17 nitrogen and oxygen atoms in total. The molecule has 31 heavy (non-hydrogen) atoms. The van der Waals surface area contributed by atoms with Gasteiger partial charge in [0.25, 0.3) is 0 Å². The Morgan fingerprint density at radius 1 is 1.32 bits per heavy atom. The summed E-state index contributed by atoms with van der Waals surface area (Å²) in [7, 11) is -17.9. The van der Waals surface area contributed by atoms with E-state index in [9.17, 15) is 33.3 Å². The highest BCUT2D eigenvalue weighted by molar-refractivity contribution is 7.66. The molecular formula is C10H13FN3O14P3. The van der Waals surface area contributed by atoms with Crippen molar-refractivity contribution >= 4 is 23.5 Å². The van der Waals surface area contributed by atoms with Crippen molar-refractivity contribution in [3.8, 4) is 12.3 Å². The second-order valence-corrected chi connectivity index (χ2v) is 9.80. The van der Waals surface area contributed by atoms with Gasteiger partial charge in [0.15, 0.2) is 6.23 Å². The van der Waals surface area contributed by atoms with Crippen LogP contribution in [0.2, 0.25) is 0 Å². The molecule has 3 unspecified atom stereocenters. The number of aromatic amines is 1. The van der Waals surface area contributed by atoms with Crippen LogP contribution in [0.15, 0.2) is 15.9 Å². The van der Waals surface area contributed by atoms with E-state index >= 15 is 4.39 Å². The van der Waals surface area contributed by atoms with Crippen LogP contribution in [0, 0.1) is 12.3 Å². The first kappa shape index (κ1) is 22.6. The SMILES string of the molecule is [2H]C([2H])(OP(=O)(O)OP(=O)(O)OP(=O)(O)O)[C@H]1O[C@@H](n2cnc(=O)[nH]c2=O)C(F)(C#C)[C@H]1O. The summed E-state index contributed by atoms with van der Waals surface area (Å²) in [5, 5.41) is 10.2. The second-order valence-electron chi connectivity index (χ2n) is 5.45. The molecule has 1 aromatic heterocycles. The normalized spacial score (nSPS) is 31.7. The molecule has 174 valence electrons. The number of hydrogen-bond donors (Lipinski definition) is 6. The van der Waals surface area contributed by atoms with Crippen molar-refractivity contribution in [2.45, 2.75) is 24.1 Å². The molecule has 6 atom stereocenters. The van der Waals surface area contributed by atoms with E-state index in [4.69, 9.17) is 28.6 Å². The Bertz CT molecular complexity index is 1230. The monoisotopic (exact) mass is 513 g/mol. The van der Waals surface area contributed by atoms with Crippen molar-refractivity contribution < 1.29 is 63.4 Å². The Kier molecular flexibility index (Phi) is 6.39. The van der Waals surface area contributed by atoms with Crippen LogP contribution in [0.1, 0.15) is 8.97 Å². The number of nitrogens with zero attached hydrogens (tertiary/aromatic N) is 2. The zero-order valence-electron chi connectivity index (χ0n) is 16.4. The smallest absolute Gasteiger partial charge is 0.386 e. The highest BCUT2D eigenvalue weighted by atomic mass is 31.3. The van der Waals surface area contributed by atoms with Gasteiger partial charge >= 0.3 is 34.8 Å². The lowest BCUT2D eigenvalue weighted by molar-refractivity contribution is -0.0540. The molecule has 1 aliphatic heterocycles. The number of hydrogen-bond acceptors (Lipinski definition) is 11. The van der Waals surface area contributed by atoms with E-state index in [1.807, 2.05) is 0 Å². The summed E-state index contributed by atoms with van der Waals surface area (Å²) < 4.78 is 80.4. The average molecular weight is 513 g/mol. The van der Waals surface area contributed by atoms with Gasteiger partial charge in [-0.1, -0.05) is 5.92 Å². The molecular weight excluding hydrogens is 498 g/mol. The van der Waals surface area contributed by atoms with Crippen LogP contribution < -0.4 is 11.4 Å². The van der Waals surface area contributed by atoms with Gasteiger partial charge in [-0.3, -0.25) is 14.1 Å². The summed E-state index contributed by atoms with van der Waals surface area (Å²) in [6.07, 6.45) is -2.31. The Morgan fingerprint density at radius 2 is 1.94 bits per heavy atom. The molecule has 0 bridgehead atoms. The number of ether oxygens (including phenoxy) is 1. The lowest BCUT2D eigenvalue weighted by atomic mass is 9.97.